The average molecular weight is 630 g/mol. The van der Waals surface area contributed by atoms with E-state index in [2.05, 4.69) is 17.4 Å². The van der Waals surface area contributed by atoms with E-state index in [9.17, 15) is 14.7 Å². The van der Waals surface area contributed by atoms with Crippen LogP contribution in [-0.2, 0) is 40.1 Å². The van der Waals surface area contributed by atoms with E-state index in [0.29, 0.717) is 55.1 Å². The molecule has 10 heteroatoms. The Morgan fingerprint density at radius 3 is 2.40 bits per heavy atom. The minimum Gasteiger partial charge on any atom is -0.492 e. The average Bonchev–Trinajstić information content (AvgIpc) is 3.44. The van der Waals surface area contributed by atoms with Crippen LogP contribution in [0.1, 0.15) is 42.0 Å². The number of fused-ring (bicyclic) bond motifs is 1. The molecule has 2 N–H and O–H groups in total. The molecular weight excluding hydrogens is 591 g/mol. The van der Waals surface area contributed by atoms with Gasteiger partial charge in [0.2, 0.25) is 0 Å². The Morgan fingerprint density at radius 1 is 0.930 bits per heavy atom. The molecule has 0 saturated carbocycles. The van der Waals surface area contributed by atoms with E-state index in [4.69, 9.17) is 37.4 Å². The minimum absolute atomic E-state index is 0.200. The van der Waals surface area contributed by atoms with Gasteiger partial charge in [-0.15, -0.1) is 0 Å². The van der Waals surface area contributed by atoms with Gasteiger partial charge >= 0.3 is 12.0 Å². The van der Waals surface area contributed by atoms with Crippen LogP contribution in [0, 0.1) is 0 Å². The summed E-state index contributed by atoms with van der Waals surface area (Å²) in [7, 11) is 0. The van der Waals surface area contributed by atoms with Crippen molar-refractivity contribution in [3.63, 3.8) is 0 Å². The lowest BCUT2D eigenvalue weighted by molar-refractivity contribution is -0.149. The number of ether oxygens (including phenoxy) is 3. The fraction of sp³-hybridized carbons (Fsp3) is 0.394. The zero-order valence-electron chi connectivity index (χ0n) is 24.3. The highest BCUT2D eigenvalue weighted by Gasteiger charge is 2.19. The van der Waals surface area contributed by atoms with Crippen molar-refractivity contribution in [2.75, 3.05) is 38.2 Å². The molecule has 43 heavy (non-hydrogen) atoms. The Bertz CT molecular complexity index is 1350. The minimum atomic E-state index is -0.986. The van der Waals surface area contributed by atoms with Crippen molar-refractivity contribution in [2.24, 2.45) is 0 Å². The number of rotatable bonds is 16. The van der Waals surface area contributed by atoms with E-state index >= 15 is 0 Å². The second-order valence-electron chi connectivity index (χ2n) is 10.4. The first-order valence-corrected chi connectivity index (χ1v) is 15.3. The Balaban J connectivity index is 1.30. The zero-order chi connectivity index (χ0) is 30.6. The van der Waals surface area contributed by atoms with Crippen molar-refractivity contribution in [2.45, 2.75) is 51.7 Å². The van der Waals surface area contributed by atoms with Crippen LogP contribution >= 0.6 is 23.2 Å². The monoisotopic (exact) mass is 628 g/mol. The van der Waals surface area contributed by atoms with Crippen molar-refractivity contribution in [3.8, 4) is 5.75 Å². The van der Waals surface area contributed by atoms with Crippen LogP contribution in [0.2, 0.25) is 10.0 Å². The molecule has 0 saturated heterocycles. The number of halogens is 2. The van der Waals surface area contributed by atoms with Gasteiger partial charge < -0.3 is 29.5 Å². The van der Waals surface area contributed by atoms with Crippen molar-refractivity contribution in [1.29, 1.82) is 0 Å². The lowest BCUT2D eigenvalue weighted by Gasteiger charge is -2.23. The molecule has 1 unspecified atom stereocenters. The Hall–Kier alpha value is -3.30. The summed E-state index contributed by atoms with van der Waals surface area (Å²) in [6.45, 7) is 4.06. The summed E-state index contributed by atoms with van der Waals surface area (Å²) in [5.41, 5.74) is 5.15. The van der Waals surface area contributed by atoms with Gasteiger partial charge in [0.1, 0.15) is 12.4 Å². The van der Waals surface area contributed by atoms with Gasteiger partial charge in [0.25, 0.3) is 0 Å². The van der Waals surface area contributed by atoms with Gasteiger partial charge in [0.15, 0.2) is 6.10 Å². The second kappa shape index (κ2) is 16.5. The first kappa shape index (κ1) is 32.6. The number of hydrogen-bond acceptors (Lipinski definition) is 5. The lowest BCUT2D eigenvalue weighted by atomic mass is 10.1. The smallest absolute Gasteiger partial charge is 0.333 e. The highest BCUT2D eigenvalue weighted by Crippen LogP contribution is 2.25. The van der Waals surface area contributed by atoms with Gasteiger partial charge in [-0.05, 0) is 97.3 Å². The molecular formula is C33H38Cl2N2O6. The van der Waals surface area contributed by atoms with E-state index in [1.165, 1.54) is 11.1 Å². The third-order valence-corrected chi connectivity index (χ3v) is 7.60. The van der Waals surface area contributed by atoms with Crippen LogP contribution in [0.25, 0.3) is 0 Å². The van der Waals surface area contributed by atoms with Gasteiger partial charge in [0, 0.05) is 41.9 Å². The zero-order valence-corrected chi connectivity index (χ0v) is 25.8. The highest BCUT2D eigenvalue weighted by atomic mass is 35.5. The molecule has 3 aromatic carbocycles. The number of carboxylic acids is 1. The number of urea groups is 1. The molecule has 0 fully saturated rings. The van der Waals surface area contributed by atoms with E-state index in [1.807, 2.05) is 30.3 Å². The van der Waals surface area contributed by atoms with Gasteiger partial charge in [-0.25, -0.2) is 9.59 Å². The number of hydrogen-bond donors (Lipinski definition) is 2. The normalized spacial score (nSPS) is 12.9. The first-order chi connectivity index (χ1) is 20.8. The number of carboxylic acid groups (broad SMARTS) is 1. The molecule has 1 atom stereocenters. The Labute approximate surface area is 262 Å². The predicted octanol–water partition coefficient (Wildman–Crippen LogP) is 7.03. The van der Waals surface area contributed by atoms with Gasteiger partial charge in [-0.3, -0.25) is 0 Å². The topological polar surface area (TPSA) is 97.3 Å². The molecule has 0 heterocycles. The van der Waals surface area contributed by atoms with E-state index in [0.717, 1.165) is 36.1 Å². The van der Waals surface area contributed by atoms with E-state index < -0.39 is 12.1 Å². The maximum Gasteiger partial charge on any atom is 0.333 e. The fourth-order valence-corrected chi connectivity index (χ4v) is 5.61. The van der Waals surface area contributed by atoms with Crippen LogP contribution in [0.4, 0.5) is 10.5 Å². The van der Waals surface area contributed by atoms with Crippen molar-refractivity contribution < 1.29 is 28.9 Å². The standard InChI is InChI=1S/C33H38Cl2N2O6/c1-2-42-31(32(38)39)19-23-7-11-30(12-8-23)43-16-14-37(13-4-15-41-22-24-17-27(34)21-28(35)18-24)33(40)36-29-10-9-25-5-3-6-26(25)20-29/h7-12,17-18,20-21,31H,2-6,13-16,19,22H2,1H3,(H,36,40)(H,38,39). The van der Waals surface area contributed by atoms with Gasteiger partial charge in [0.05, 0.1) is 13.2 Å². The number of amides is 2. The van der Waals surface area contributed by atoms with E-state index in [-0.39, 0.29) is 19.1 Å². The maximum atomic E-state index is 13.3. The number of nitrogens with zero attached hydrogens (tertiary/aromatic N) is 1. The molecule has 0 spiro atoms. The number of carbonyl (C=O) groups is 2. The number of benzene rings is 3. The SMILES string of the molecule is CCOC(Cc1ccc(OCCN(CCCOCc2cc(Cl)cc(Cl)c2)C(=O)Nc2ccc3c(c2)CCC3)cc1)C(=O)O. The van der Waals surface area contributed by atoms with Gasteiger partial charge in [-0.2, -0.15) is 0 Å². The molecule has 4 rings (SSSR count). The molecule has 0 bridgehead atoms. The van der Waals surface area contributed by atoms with Crippen molar-refractivity contribution in [3.05, 3.63) is 93.0 Å². The number of carbonyl (C=O) groups excluding carboxylic acids is 1. The predicted molar refractivity (Wildman–Crippen MR) is 168 cm³/mol. The van der Waals surface area contributed by atoms with Crippen LogP contribution in [0.15, 0.2) is 60.7 Å². The van der Waals surface area contributed by atoms with E-state index in [1.54, 1.807) is 30.0 Å². The number of nitrogens with one attached hydrogen (secondary N) is 1. The van der Waals surface area contributed by atoms with Crippen LogP contribution in [-0.4, -0.2) is 61.0 Å². The quantitative estimate of drug-likeness (QED) is 0.165. The maximum absolute atomic E-state index is 13.3. The third-order valence-electron chi connectivity index (χ3n) is 7.16. The largest absolute Gasteiger partial charge is 0.492 e. The summed E-state index contributed by atoms with van der Waals surface area (Å²) in [6, 6.07) is 18.5. The van der Waals surface area contributed by atoms with Crippen LogP contribution < -0.4 is 10.1 Å². The molecule has 0 aromatic heterocycles. The summed E-state index contributed by atoms with van der Waals surface area (Å²) >= 11 is 12.2. The molecule has 0 aliphatic heterocycles. The Morgan fingerprint density at radius 2 is 1.67 bits per heavy atom. The first-order valence-electron chi connectivity index (χ1n) is 14.6. The van der Waals surface area contributed by atoms with Crippen molar-refractivity contribution in [1.82, 2.24) is 4.90 Å². The molecule has 230 valence electrons. The summed E-state index contributed by atoms with van der Waals surface area (Å²) in [4.78, 5) is 26.4. The summed E-state index contributed by atoms with van der Waals surface area (Å²) in [5.74, 6) is -0.353. The highest BCUT2D eigenvalue weighted by molar-refractivity contribution is 6.34. The summed E-state index contributed by atoms with van der Waals surface area (Å²) < 4.78 is 17.1. The molecule has 3 aromatic rings. The van der Waals surface area contributed by atoms with Crippen LogP contribution in [0.5, 0.6) is 5.75 Å². The third kappa shape index (κ3) is 10.4. The second-order valence-corrected chi connectivity index (χ2v) is 11.3. The molecule has 1 aliphatic carbocycles. The van der Waals surface area contributed by atoms with Crippen molar-refractivity contribution >= 4 is 40.9 Å². The number of anilines is 1. The fourth-order valence-electron chi connectivity index (χ4n) is 5.04. The molecule has 2 amide bonds. The molecule has 0 radical (unpaired) electrons. The molecule has 1 aliphatic rings. The number of aryl methyl sites for hydroxylation is 2. The summed E-state index contributed by atoms with van der Waals surface area (Å²) in [5, 5.41) is 13.5. The molecule has 8 nitrogen and oxygen atoms in total. The van der Waals surface area contributed by atoms with Gasteiger partial charge in [-0.1, -0.05) is 41.4 Å². The number of aliphatic carboxylic acids is 1. The Kier molecular flexibility index (Phi) is 12.5. The van der Waals surface area contributed by atoms with Crippen LogP contribution in [0.3, 0.4) is 0 Å². The summed E-state index contributed by atoms with van der Waals surface area (Å²) in [6.07, 6.45) is 3.28. The lowest BCUT2D eigenvalue weighted by Crippen LogP contribution is -2.39.